The summed E-state index contributed by atoms with van der Waals surface area (Å²) in [4.78, 5) is 19.8. The summed E-state index contributed by atoms with van der Waals surface area (Å²) in [7, 11) is 4.06. The number of amides is 1. The number of nitrogens with one attached hydrogen (secondary N) is 1. The molecule has 0 aliphatic carbocycles. The first-order valence-corrected chi connectivity index (χ1v) is 7.05. The Kier molecular flexibility index (Phi) is 4.45. The van der Waals surface area contributed by atoms with Crippen LogP contribution >= 0.6 is 0 Å². The van der Waals surface area contributed by atoms with Gasteiger partial charge in [-0.1, -0.05) is 6.07 Å². The van der Waals surface area contributed by atoms with E-state index in [0.29, 0.717) is 0 Å². The zero-order valence-electron chi connectivity index (χ0n) is 12.7. The van der Waals surface area contributed by atoms with Gasteiger partial charge in [-0.05, 0) is 51.5 Å². The number of aromatic nitrogens is 1. The molecule has 1 heterocycles. The molecule has 0 saturated heterocycles. The van der Waals surface area contributed by atoms with Crippen molar-refractivity contribution in [2.24, 2.45) is 0 Å². The molecule has 0 bridgehead atoms. The van der Waals surface area contributed by atoms with Gasteiger partial charge in [0.05, 0.1) is 0 Å². The molecule has 0 radical (unpaired) electrons. The van der Waals surface area contributed by atoms with Gasteiger partial charge in [0, 0.05) is 36.4 Å². The lowest BCUT2D eigenvalue weighted by Crippen LogP contribution is -2.43. The van der Waals surface area contributed by atoms with Gasteiger partial charge in [0.15, 0.2) is 0 Å². The highest BCUT2D eigenvalue weighted by Crippen LogP contribution is 2.16. The molecule has 1 amide bonds. The van der Waals surface area contributed by atoms with Crippen molar-refractivity contribution < 1.29 is 4.79 Å². The van der Waals surface area contributed by atoms with Crippen molar-refractivity contribution in [1.29, 1.82) is 0 Å². The Morgan fingerprint density at radius 1 is 1.30 bits per heavy atom. The number of likely N-dealkylation sites (N-methyl/N-ethyl adjacent to an activating group) is 2. The minimum absolute atomic E-state index is 0.0957. The van der Waals surface area contributed by atoms with E-state index in [4.69, 9.17) is 0 Å². The summed E-state index contributed by atoms with van der Waals surface area (Å²) >= 11 is 0. The highest BCUT2D eigenvalue weighted by Gasteiger charge is 2.20. The van der Waals surface area contributed by atoms with Gasteiger partial charge < -0.3 is 14.8 Å². The SMILES string of the molecule is CCN(C(=O)c1ccc2cc[nH]c2c1)C(C)CN(C)C. The molecule has 4 nitrogen and oxygen atoms in total. The summed E-state index contributed by atoms with van der Waals surface area (Å²) in [6.45, 7) is 5.70. The first-order chi connectivity index (χ1) is 9.52. The molecule has 0 spiro atoms. The quantitative estimate of drug-likeness (QED) is 0.909. The van der Waals surface area contributed by atoms with Crippen LogP contribution in [0.3, 0.4) is 0 Å². The smallest absolute Gasteiger partial charge is 0.254 e. The third kappa shape index (κ3) is 3.02. The first kappa shape index (κ1) is 14.6. The van der Waals surface area contributed by atoms with Gasteiger partial charge in [0.1, 0.15) is 0 Å². The number of carbonyl (C=O) groups excluding carboxylic acids is 1. The Labute approximate surface area is 120 Å². The Bertz CT molecular complexity index is 588. The van der Waals surface area contributed by atoms with Crippen LogP contribution in [0.5, 0.6) is 0 Å². The predicted molar refractivity (Wildman–Crippen MR) is 83.0 cm³/mol. The number of carbonyl (C=O) groups is 1. The fourth-order valence-corrected chi connectivity index (χ4v) is 2.63. The number of fused-ring (bicyclic) bond motifs is 1. The van der Waals surface area contributed by atoms with Crippen molar-refractivity contribution in [3.05, 3.63) is 36.0 Å². The maximum atomic E-state index is 12.7. The van der Waals surface area contributed by atoms with Crippen molar-refractivity contribution in [3.63, 3.8) is 0 Å². The van der Waals surface area contributed by atoms with Gasteiger partial charge in [-0.3, -0.25) is 4.79 Å². The maximum Gasteiger partial charge on any atom is 0.254 e. The van der Waals surface area contributed by atoms with Crippen molar-refractivity contribution in [1.82, 2.24) is 14.8 Å². The number of rotatable bonds is 5. The van der Waals surface area contributed by atoms with E-state index in [1.54, 1.807) is 0 Å². The van der Waals surface area contributed by atoms with Crippen LogP contribution in [-0.4, -0.2) is 53.9 Å². The lowest BCUT2D eigenvalue weighted by molar-refractivity contribution is 0.0679. The number of benzene rings is 1. The van der Waals surface area contributed by atoms with Crippen LogP contribution in [0.4, 0.5) is 0 Å². The normalized spacial score (nSPS) is 12.8. The third-order valence-electron chi connectivity index (χ3n) is 3.56. The molecule has 1 atom stereocenters. The molecular formula is C16H23N3O. The molecule has 0 aliphatic heterocycles. The van der Waals surface area contributed by atoms with Gasteiger partial charge in [-0.2, -0.15) is 0 Å². The van der Waals surface area contributed by atoms with E-state index in [0.717, 1.165) is 29.6 Å². The minimum Gasteiger partial charge on any atom is -0.361 e. The Morgan fingerprint density at radius 2 is 2.05 bits per heavy atom. The summed E-state index contributed by atoms with van der Waals surface area (Å²) in [6.07, 6.45) is 1.89. The van der Waals surface area contributed by atoms with Gasteiger partial charge in [-0.15, -0.1) is 0 Å². The summed E-state index contributed by atoms with van der Waals surface area (Å²) in [6, 6.07) is 8.04. The average molecular weight is 273 g/mol. The molecule has 0 saturated carbocycles. The average Bonchev–Trinajstić information content (AvgIpc) is 2.85. The molecule has 1 N–H and O–H groups in total. The Balaban J connectivity index is 2.22. The highest BCUT2D eigenvalue weighted by atomic mass is 16.2. The van der Waals surface area contributed by atoms with E-state index >= 15 is 0 Å². The monoisotopic (exact) mass is 273 g/mol. The summed E-state index contributed by atoms with van der Waals surface area (Å²) in [5.41, 5.74) is 1.75. The molecule has 2 aromatic rings. The number of H-pyrrole nitrogens is 1. The maximum absolute atomic E-state index is 12.7. The lowest BCUT2D eigenvalue weighted by Gasteiger charge is -2.30. The fraction of sp³-hybridized carbons (Fsp3) is 0.438. The Morgan fingerprint density at radius 3 is 2.70 bits per heavy atom. The molecule has 0 fully saturated rings. The summed E-state index contributed by atoms with van der Waals surface area (Å²) in [5, 5.41) is 1.13. The van der Waals surface area contributed by atoms with Crippen LogP contribution in [-0.2, 0) is 0 Å². The second-order valence-electron chi connectivity index (χ2n) is 5.48. The zero-order valence-corrected chi connectivity index (χ0v) is 12.7. The number of hydrogen-bond donors (Lipinski definition) is 1. The number of aromatic amines is 1. The number of nitrogens with zero attached hydrogens (tertiary/aromatic N) is 2. The van der Waals surface area contributed by atoms with Crippen LogP contribution in [0.25, 0.3) is 10.9 Å². The topological polar surface area (TPSA) is 39.3 Å². The molecule has 20 heavy (non-hydrogen) atoms. The van der Waals surface area contributed by atoms with Crippen LogP contribution in [0.15, 0.2) is 30.5 Å². The van der Waals surface area contributed by atoms with Crippen molar-refractivity contribution in [2.45, 2.75) is 19.9 Å². The molecule has 2 rings (SSSR count). The van der Waals surface area contributed by atoms with E-state index in [2.05, 4.69) is 16.8 Å². The lowest BCUT2D eigenvalue weighted by atomic mass is 10.1. The number of hydrogen-bond acceptors (Lipinski definition) is 2. The van der Waals surface area contributed by atoms with Crippen LogP contribution in [0.1, 0.15) is 24.2 Å². The third-order valence-corrected chi connectivity index (χ3v) is 3.56. The summed E-state index contributed by atoms with van der Waals surface area (Å²) in [5.74, 6) is 0.0957. The molecule has 1 aromatic carbocycles. The zero-order chi connectivity index (χ0) is 14.7. The molecular weight excluding hydrogens is 250 g/mol. The predicted octanol–water partition coefficient (Wildman–Crippen LogP) is 2.58. The molecule has 1 aromatic heterocycles. The van der Waals surface area contributed by atoms with Crippen molar-refractivity contribution >= 4 is 16.8 Å². The molecule has 4 heteroatoms. The van der Waals surface area contributed by atoms with E-state index in [1.165, 1.54) is 0 Å². The molecule has 1 unspecified atom stereocenters. The van der Waals surface area contributed by atoms with Gasteiger partial charge >= 0.3 is 0 Å². The second kappa shape index (κ2) is 6.09. The van der Waals surface area contributed by atoms with Crippen molar-refractivity contribution in [2.75, 3.05) is 27.2 Å². The minimum atomic E-state index is 0.0957. The van der Waals surface area contributed by atoms with E-state index < -0.39 is 0 Å². The molecule has 0 aliphatic rings. The summed E-state index contributed by atoms with van der Waals surface area (Å²) < 4.78 is 0. The van der Waals surface area contributed by atoms with Crippen LogP contribution < -0.4 is 0 Å². The van der Waals surface area contributed by atoms with Crippen molar-refractivity contribution in [3.8, 4) is 0 Å². The van der Waals surface area contributed by atoms with Gasteiger partial charge in [0.2, 0.25) is 0 Å². The largest absolute Gasteiger partial charge is 0.361 e. The second-order valence-corrected chi connectivity index (χ2v) is 5.48. The highest BCUT2D eigenvalue weighted by molar-refractivity contribution is 5.98. The van der Waals surface area contributed by atoms with Crippen LogP contribution in [0.2, 0.25) is 0 Å². The van der Waals surface area contributed by atoms with Crippen LogP contribution in [0, 0.1) is 0 Å². The van der Waals surface area contributed by atoms with E-state index in [9.17, 15) is 4.79 Å². The van der Waals surface area contributed by atoms with E-state index in [-0.39, 0.29) is 11.9 Å². The van der Waals surface area contributed by atoms with Gasteiger partial charge in [0.25, 0.3) is 5.91 Å². The molecule has 108 valence electrons. The van der Waals surface area contributed by atoms with Gasteiger partial charge in [-0.25, -0.2) is 0 Å². The van der Waals surface area contributed by atoms with E-state index in [1.807, 2.05) is 56.4 Å². The Hall–Kier alpha value is -1.81. The first-order valence-electron chi connectivity index (χ1n) is 7.05. The standard InChI is InChI=1S/C16H23N3O/c1-5-19(12(2)11-18(3)4)16(20)14-7-6-13-8-9-17-15(13)10-14/h6-10,12,17H,5,11H2,1-4H3. The fourth-order valence-electron chi connectivity index (χ4n) is 2.63.